The first-order valence-electron chi connectivity index (χ1n) is 4.04. The van der Waals surface area contributed by atoms with Crippen LogP contribution in [0, 0.1) is 11.3 Å². The number of ketones is 1. The van der Waals surface area contributed by atoms with Gasteiger partial charge in [0.25, 0.3) is 0 Å². The molecule has 0 aromatic heterocycles. The summed E-state index contributed by atoms with van der Waals surface area (Å²) in [6.45, 7) is 0. The van der Waals surface area contributed by atoms with Crippen LogP contribution in [0.5, 0.6) is 0 Å². The molecular weight excluding hydrogens is 162 g/mol. The minimum Gasteiger partial charge on any atom is -0.282 e. The van der Waals surface area contributed by atoms with Crippen LogP contribution in [0.25, 0.3) is 6.08 Å². The number of allylic oxidation sites excluding steroid dienone is 1. The standard InChI is InChI=1S/C11H7NO/c12-7-11(13)10-6-5-8-3-1-2-4-9(8)10/h1-6,10H. The first kappa shape index (κ1) is 7.75. The predicted octanol–water partition coefficient (Wildman–Crippen LogP) is 1.89. The molecule has 2 heteroatoms. The summed E-state index contributed by atoms with van der Waals surface area (Å²) >= 11 is 0. The Bertz CT molecular complexity index is 426. The molecule has 0 saturated carbocycles. The van der Waals surface area contributed by atoms with Crippen molar-refractivity contribution in [3.05, 3.63) is 41.5 Å². The van der Waals surface area contributed by atoms with Crippen LogP contribution < -0.4 is 0 Å². The zero-order valence-corrected chi connectivity index (χ0v) is 6.90. The van der Waals surface area contributed by atoms with Crippen molar-refractivity contribution in [2.75, 3.05) is 0 Å². The second-order valence-electron chi connectivity index (χ2n) is 2.94. The molecule has 0 saturated heterocycles. The van der Waals surface area contributed by atoms with E-state index in [0.717, 1.165) is 11.1 Å². The van der Waals surface area contributed by atoms with Gasteiger partial charge in [-0.2, -0.15) is 5.26 Å². The van der Waals surface area contributed by atoms with E-state index in [1.165, 1.54) is 0 Å². The van der Waals surface area contributed by atoms with Crippen LogP contribution in [0.4, 0.5) is 0 Å². The summed E-state index contributed by atoms with van der Waals surface area (Å²) in [5.74, 6) is -0.734. The Labute approximate surface area is 76.1 Å². The maximum Gasteiger partial charge on any atom is 0.243 e. The lowest BCUT2D eigenvalue weighted by Crippen LogP contribution is -2.05. The quantitative estimate of drug-likeness (QED) is 0.602. The average Bonchev–Trinajstić information content (AvgIpc) is 2.60. The van der Waals surface area contributed by atoms with Crippen LogP contribution in [0.2, 0.25) is 0 Å². The fourth-order valence-corrected chi connectivity index (χ4v) is 1.55. The molecule has 1 atom stereocenters. The van der Waals surface area contributed by atoms with Crippen LogP contribution in [0.15, 0.2) is 30.3 Å². The van der Waals surface area contributed by atoms with Crippen molar-refractivity contribution in [2.45, 2.75) is 5.92 Å². The van der Waals surface area contributed by atoms with Gasteiger partial charge in [0.05, 0.1) is 5.92 Å². The summed E-state index contributed by atoms with van der Waals surface area (Å²) in [5.41, 5.74) is 1.98. The molecule has 0 bridgehead atoms. The van der Waals surface area contributed by atoms with Gasteiger partial charge in [0.15, 0.2) is 0 Å². The normalized spacial score (nSPS) is 17.9. The largest absolute Gasteiger partial charge is 0.282 e. The predicted molar refractivity (Wildman–Crippen MR) is 48.8 cm³/mol. The van der Waals surface area contributed by atoms with E-state index >= 15 is 0 Å². The number of carbonyl (C=O) groups is 1. The first-order chi connectivity index (χ1) is 6.33. The molecule has 0 radical (unpaired) electrons. The third kappa shape index (κ3) is 1.15. The number of nitrogens with zero attached hydrogens (tertiary/aromatic N) is 1. The summed E-state index contributed by atoms with van der Waals surface area (Å²) in [6, 6.07) is 9.28. The molecule has 0 N–H and O–H groups in total. The Hall–Kier alpha value is -1.88. The van der Waals surface area contributed by atoms with Gasteiger partial charge >= 0.3 is 0 Å². The molecular formula is C11H7NO. The van der Waals surface area contributed by atoms with E-state index < -0.39 is 0 Å². The number of benzene rings is 1. The second-order valence-corrected chi connectivity index (χ2v) is 2.94. The van der Waals surface area contributed by atoms with Gasteiger partial charge in [-0.3, -0.25) is 4.79 Å². The fraction of sp³-hybridized carbons (Fsp3) is 0.0909. The number of fused-ring (bicyclic) bond motifs is 1. The minimum atomic E-state index is -0.388. The van der Waals surface area contributed by atoms with Gasteiger partial charge in [-0.05, 0) is 11.1 Å². The maximum atomic E-state index is 11.2. The lowest BCUT2D eigenvalue weighted by atomic mass is 9.97. The van der Waals surface area contributed by atoms with E-state index in [-0.39, 0.29) is 11.7 Å². The number of hydrogen-bond donors (Lipinski definition) is 0. The van der Waals surface area contributed by atoms with Gasteiger partial charge in [0.2, 0.25) is 5.78 Å². The Kier molecular flexibility index (Phi) is 1.71. The van der Waals surface area contributed by atoms with Crippen molar-refractivity contribution in [1.82, 2.24) is 0 Å². The molecule has 2 nitrogen and oxygen atoms in total. The molecule has 1 unspecified atom stereocenters. The van der Waals surface area contributed by atoms with Crippen LogP contribution >= 0.6 is 0 Å². The Balaban J connectivity index is 2.46. The molecule has 2 rings (SSSR count). The van der Waals surface area contributed by atoms with Crippen LogP contribution in [0.1, 0.15) is 17.0 Å². The summed E-state index contributed by atoms with van der Waals surface area (Å²) in [6.07, 6.45) is 3.66. The van der Waals surface area contributed by atoms with Gasteiger partial charge in [0, 0.05) is 0 Å². The van der Waals surface area contributed by atoms with Gasteiger partial charge < -0.3 is 0 Å². The number of Topliss-reactive ketones (excluding diaryl/α,β-unsaturated/α-hetero) is 1. The summed E-state index contributed by atoms with van der Waals surface area (Å²) in [5, 5.41) is 8.49. The highest BCUT2D eigenvalue weighted by molar-refractivity contribution is 6.02. The lowest BCUT2D eigenvalue weighted by Gasteiger charge is -2.03. The van der Waals surface area contributed by atoms with Crippen molar-refractivity contribution < 1.29 is 4.79 Å². The Morgan fingerprint density at radius 2 is 2.15 bits per heavy atom. The fourth-order valence-electron chi connectivity index (χ4n) is 1.55. The van der Waals surface area contributed by atoms with Gasteiger partial charge in [0.1, 0.15) is 6.07 Å². The van der Waals surface area contributed by atoms with E-state index in [1.807, 2.05) is 30.3 Å². The highest BCUT2D eigenvalue weighted by Crippen LogP contribution is 2.29. The Morgan fingerprint density at radius 1 is 1.38 bits per heavy atom. The molecule has 0 amide bonds. The third-order valence-electron chi connectivity index (χ3n) is 2.19. The SMILES string of the molecule is N#CC(=O)C1C=Cc2ccccc21. The number of carbonyl (C=O) groups excluding carboxylic acids is 1. The smallest absolute Gasteiger partial charge is 0.243 e. The van der Waals surface area contributed by atoms with Crippen molar-refractivity contribution in [2.24, 2.45) is 0 Å². The molecule has 1 aliphatic rings. The molecule has 0 fully saturated rings. The zero-order chi connectivity index (χ0) is 9.26. The monoisotopic (exact) mass is 169 g/mol. The first-order valence-corrected chi connectivity index (χ1v) is 4.04. The summed E-state index contributed by atoms with van der Waals surface area (Å²) in [7, 11) is 0. The lowest BCUT2D eigenvalue weighted by molar-refractivity contribution is -0.114. The Morgan fingerprint density at radius 3 is 2.92 bits per heavy atom. The second kappa shape index (κ2) is 2.87. The number of rotatable bonds is 1. The van der Waals surface area contributed by atoms with Crippen LogP contribution in [-0.4, -0.2) is 5.78 Å². The molecule has 0 spiro atoms. The zero-order valence-electron chi connectivity index (χ0n) is 6.90. The van der Waals surface area contributed by atoms with Crippen molar-refractivity contribution in [1.29, 1.82) is 5.26 Å². The molecule has 0 heterocycles. The summed E-state index contributed by atoms with van der Waals surface area (Å²) < 4.78 is 0. The van der Waals surface area contributed by atoms with E-state index in [9.17, 15) is 4.79 Å². The van der Waals surface area contributed by atoms with E-state index in [0.29, 0.717) is 0 Å². The van der Waals surface area contributed by atoms with E-state index in [2.05, 4.69) is 0 Å². The average molecular weight is 169 g/mol. The number of nitriles is 1. The van der Waals surface area contributed by atoms with Crippen LogP contribution in [0.3, 0.4) is 0 Å². The molecule has 1 aliphatic carbocycles. The highest BCUT2D eigenvalue weighted by Gasteiger charge is 2.22. The minimum absolute atomic E-state index is 0.346. The van der Waals surface area contributed by atoms with E-state index in [4.69, 9.17) is 5.26 Å². The molecule has 1 aromatic rings. The maximum absolute atomic E-state index is 11.2. The third-order valence-corrected chi connectivity index (χ3v) is 2.19. The highest BCUT2D eigenvalue weighted by atomic mass is 16.1. The topological polar surface area (TPSA) is 40.9 Å². The molecule has 62 valence electrons. The van der Waals surface area contributed by atoms with Gasteiger partial charge in [-0.25, -0.2) is 0 Å². The van der Waals surface area contributed by atoms with Gasteiger partial charge in [-0.1, -0.05) is 36.4 Å². The number of hydrogen-bond acceptors (Lipinski definition) is 2. The van der Waals surface area contributed by atoms with Crippen molar-refractivity contribution in [3.8, 4) is 6.07 Å². The van der Waals surface area contributed by atoms with Gasteiger partial charge in [-0.15, -0.1) is 0 Å². The van der Waals surface area contributed by atoms with Crippen LogP contribution in [-0.2, 0) is 4.79 Å². The van der Waals surface area contributed by atoms with Crippen molar-refractivity contribution in [3.63, 3.8) is 0 Å². The van der Waals surface area contributed by atoms with Crippen molar-refractivity contribution >= 4 is 11.9 Å². The molecule has 13 heavy (non-hydrogen) atoms. The molecule has 1 aromatic carbocycles. The molecule has 0 aliphatic heterocycles. The van der Waals surface area contributed by atoms with E-state index in [1.54, 1.807) is 12.1 Å². The summed E-state index contributed by atoms with van der Waals surface area (Å²) in [4.78, 5) is 11.2.